The van der Waals surface area contributed by atoms with E-state index < -0.39 is 0 Å². The first-order chi connectivity index (χ1) is 11.0. The van der Waals surface area contributed by atoms with Crippen molar-refractivity contribution in [1.82, 2.24) is 15.5 Å². The second-order valence-corrected chi connectivity index (χ2v) is 5.92. The van der Waals surface area contributed by atoms with Gasteiger partial charge in [0.15, 0.2) is 5.96 Å². The van der Waals surface area contributed by atoms with Crippen LogP contribution in [0.25, 0.3) is 0 Å². The molecule has 5 heteroatoms. The normalized spacial score (nSPS) is 11.9. The Morgan fingerprint density at radius 2 is 1.91 bits per heavy atom. The van der Waals surface area contributed by atoms with Crippen LogP contribution in [0.3, 0.4) is 0 Å². The van der Waals surface area contributed by atoms with Crippen LogP contribution in [-0.2, 0) is 0 Å². The first-order valence-electron chi connectivity index (χ1n) is 8.44. The van der Waals surface area contributed by atoms with Gasteiger partial charge >= 0.3 is 0 Å². The topological polar surface area (TPSA) is 48.9 Å². The van der Waals surface area contributed by atoms with Crippen molar-refractivity contribution in [2.45, 2.75) is 33.7 Å². The van der Waals surface area contributed by atoms with Crippen molar-refractivity contribution in [3.05, 3.63) is 29.8 Å². The van der Waals surface area contributed by atoms with E-state index >= 15 is 0 Å². The molecule has 0 spiro atoms. The largest absolute Gasteiger partial charge is 0.492 e. The number of rotatable bonds is 9. The molecule has 5 nitrogen and oxygen atoms in total. The van der Waals surface area contributed by atoms with Gasteiger partial charge in [-0.25, -0.2) is 0 Å². The molecular weight excluding hydrogens is 288 g/mol. The number of aliphatic imine (C=N–C) groups is 1. The molecule has 0 aliphatic carbocycles. The zero-order valence-electron chi connectivity index (χ0n) is 15.2. The number of benzene rings is 1. The Kier molecular flexibility index (Phi) is 9.14. The van der Waals surface area contributed by atoms with Crippen molar-refractivity contribution in [2.24, 2.45) is 4.99 Å². The molecule has 0 atom stereocenters. The van der Waals surface area contributed by atoms with Gasteiger partial charge in [-0.3, -0.25) is 4.99 Å². The summed E-state index contributed by atoms with van der Waals surface area (Å²) in [4.78, 5) is 6.87. The average Bonchev–Trinajstić information content (AvgIpc) is 2.52. The van der Waals surface area contributed by atoms with Gasteiger partial charge < -0.3 is 20.3 Å². The summed E-state index contributed by atoms with van der Waals surface area (Å²) in [5.41, 5.74) is 1.24. The molecule has 0 unspecified atom stereocenters. The lowest BCUT2D eigenvalue weighted by atomic mass is 10.2. The number of likely N-dealkylation sites (N-methyl/N-ethyl adjacent to an activating group) is 1. The monoisotopic (exact) mass is 320 g/mol. The van der Waals surface area contributed by atoms with Gasteiger partial charge in [-0.1, -0.05) is 17.7 Å². The Bertz CT molecular complexity index is 457. The number of hydrogen-bond acceptors (Lipinski definition) is 3. The number of hydrogen-bond donors (Lipinski definition) is 2. The number of nitrogens with one attached hydrogen (secondary N) is 2. The summed E-state index contributed by atoms with van der Waals surface area (Å²) >= 11 is 0. The smallest absolute Gasteiger partial charge is 0.191 e. The Hall–Kier alpha value is -1.75. The summed E-state index contributed by atoms with van der Waals surface area (Å²) in [5, 5.41) is 6.56. The van der Waals surface area contributed by atoms with E-state index in [4.69, 9.17) is 4.74 Å². The minimum atomic E-state index is 0.545. The molecule has 0 aliphatic rings. The molecule has 0 saturated heterocycles. The lowest BCUT2D eigenvalue weighted by Gasteiger charge is -2.20. The number of guanidine groups is 1. The molecule has 1 aromatic rings. The Labute approximate surface area is 141 Å². The summed E-state index contributed by atoms with van der Waals surface area (Å²) in [6.45, 7) is 12.4. The number of aryl methyl sites for hydroxylation is 1. The lowest BCUT2D eigenvalue weighted by molar-refractivity contribution is 0.282. The second kappa shape index (κ2) is 10.9. The molecule has 2 N–H and O–H groups in total. The van der Waals surface area contributed by atoms with E-state index in [1.807, 2.05) is 12.1 Å². The maximum Gasteiger partial charge on any atom is 0.191 e. The van der Waals surface area contributed by atoms with E-state index in [2.05, 4.69) is 67.4 Å². The Morgan fingerprint density at radius 1 is 1.22 bits per heavy atom. The molecule has 1 aromatic carbocycles. The van der Waals surface area contributed by atoms with Crippen molar-refractivity contribution < 1.29 is 4.74 Å². The SMILES string of the molecule is CCNC(=NCCN(C)C(C)C)NCCOc1ccc(C)cc1. The Balaban J connectivity index is 2.30. The van der Waals surface area contributed by atoms with Crippen LogP contribution in [0.2, 0.25) is 0 Å². The summed E-state index contributed by atoms with van der Waals surface area (Å²) < 4.78 is 5.71. The molecule has 0 amide bonds. The third-order valence-corrected chi connectivity index (χ3v) is 3.63. The minimum absolute atomic E-state index is 0.545. The highest BCUT2D eigenvalue weighted by molar-refractivity contribution is 5.79. The van der Waals surface area contributed by atoms with Crippen LogP contribution in [0.5, 0.6) is 5.75 Å². The van der Waals surface area contributed by atoms with Gasteiger partial charge in [-0.2, -0.15) is 0 Å². The van der Waals surface area contributed by atoms with E-state index in [-0.39, 0.29) is 0 Å². The zero-order valence-corrected chi connectivity index (χ0v) is 15.2. The standard InChI is InChI=1S/C18H32N4O/c1-6-19-18(20-11-13-22(5)15(2)3)21-12-14-23-17-9-7-16(4)8-10-17/h7-10,15H,6,11-14H2,1-5H3,(H2,19,20,21). The highest BCUT2D eigenvalue weighted by Crippen LogP contribution is 2.10. The van der Waals surface area contributed by atoms with Crippen molar-refractivity contribution in [2.75, 3.05) is 39.8 Å². The second-order valence-electron chi connectivity index (χ2n) is 5.92. The molecular formula is C18H32N4O. The minimum Gasteiger partial charge on any atom is -0.492 e. The highest BCUT2D eigenvalue weighted by Gasteiger charge is 2.02. The van der Waals surface area contributed by atoms with E-state index in [0.29, 0.717) is 12.6 Å². The molecule has 130 valence electrons. The Morgan fingerprint density at radius 3 is 2.52 bits per heavy atom. The van der Waals surface area contributed by atoms with Gasteiger partial charge in [0.05, 0.1) is 13.1 Å². The average molecular weight is 320 g/mol. The lowest BCUT2D eigenvalue weighted by Crippen LogP contribution is -2.40. The van der Waals surface area contributed by atoms with Crippen molar-refractivity contribution in [3.8, 4) is 5.75 Å². The summed E-state index contributed by atoms with van der Waals surface area (Å²) in [7, 11) is 2.12. The molecule has 0 bridgehead atoms. The summed E-state index contributed by atoms with van der Waals surface area (Å²) in [5.74, 6) is 1.75. The van der Waals surface area contributed by atoms with Gasteiger partial charge in [0.1, 0.15) is 12.4 Å². The molecule has 0 heterocycles. The molecule has 0 aromatic heterocycles. The van der Waals surface area contributed by atoms with Crippen LogP contribution in [0.15, 0.2) is 29.3 Å². The first kappa shape index (κ1) is 19.3. The van der Waals surface area contributed by atoms with Crippen molar-refractivity contribution >= 4 is 5.96 Å². The first-order valence-corrected chi connectivity index (χ1v) is 8.44. The van der Waals surface area contributed by atoms with E-state index in [1.165, 1.54) is 5.56 Å². The summed E-state index contributed by atoms with van der Waals surface area (Å²) in [6, 6.07) is 8.65. The zero-order chi connectivity index (χ0) is 17.1. The maximum absolute atomic E-state index is 5.71. The fourth-order valence-electron chi connectivity index (χ4n) is 1.89. The van der Waals surface area contributed by atoms with Crippen molar-refractivity contribution in [3.63, 3.8) is 0 Å². The predicted octanol–water partition coefficient (Wildman–Crippen LogP) is 2.27. The van der Waals surface area contributed by atoms with Crippen LogP contribution >= 0.6 is 0 Å². The van der Waals surface area contributed by atoms with Crippen LogP contribution in [0.1, 0.15) is 26.3 Å². The van der Waals surface area contributed by atoms with Crippen LogP contribution in [-0.4, -0.2) is 56.7 Å². The van der Waals surface area contributed by atoms with E-state index in [1.54, 1.807) is 0 Å². The van der Waals surface area contributed by atoms with Crippen LogP contribution in [0, 0.1) is 6.92 Å². The fourth-order valence-corrected chi connectivity index (χ4v) is 1.89. The number of ether oxygens (including phenoxy) is 1. The molecule has 23 heavy (non-hydrogen) atoms. The molecule has 0 radical (unpaired) electrons. The van der Waals surface area contributed by atoms with Gasteiger partial charge in [-0.15, -0.1) is 0 Å². The quantitative estimate of drug-likeness (QED) is 0.416. The maximum atomic E-state index is 5.71. The predicted molar refractivity (Wildman–Crippen MR) is 98.4 cm³/mol. The molecule has 0 fully saturated rings. The fraction of sp³-hybridized carbons (Fsp3) is 0.611. The third-order valence-electron chi connectivity index (χ3n) is 3.63. The van der Waals surface area contributed by atoms with E-state index in [9.17, 15) is 0 Å². The van der Waals surface area contributed by atoms with Gasteiger partial charge in [-0.05, 0) is 46.9 Å². The van der Waals surface area contributed by atoms with Crippen LogP contribution in [0.4, 0.5) is 0 Å². The molecule has 1 rings (SSSR count). The van der Waals surface area contributed by atoms with Gasteiger partial charge in [0, 0.05) is 19.1 Å². The van der Waals surface area contributed by atoms with Crippen LogP contribution < -0.4 is 15.4 Å². The third kappa shape index (κ3) is 8.45. The number of nitrogens with zero attached hydrogens (tertiary/aromatic N) is 2. The van der Waals surface area contributed by atoms with Gasteiger partial charge in [0.25, 0.3) is 0 Å². The van der Waals surface area contributed by atoms with Crippen molar-refractivity contribution in [1.29, 1.82) is 0 Å². The molecule has 0 aliphatic heterocycles. The van der Waals surface area contributed by atoms with Gasteiger partial charge in [0.2, 0.25) is 0 Å². The van der Waals surface area contributed by atoms with E-state index in [0.717, 1.165) is 37.9 Å². The summed E-state index contributed by atoms with van der Waals surface area (Å²) in [6.07, 6.45) is 0. The highest BCUT2D eigenvalue weighted by atomic mass is 16.5. The molecule has 0 saturated carbocycles.